The van der Waals surface area contributed by atoms with Crippen molar-refractivity contribution >= 4 is 21.4 Å². The summed E-state index contributed by atoms with van der Waals surface area (Å²) < 4.78 is 26.8. The molecule has 6 heteroatoms. The molecule has 0 amide bonds. The Kier molecular flexibility index (Phi) is 8.37. The molecule has 0 spiro atoms. The molecule has 0 radical (unpaired) electrons. The molecule has 1 rings (SSSR count). The molecule has 0 aliphatic carbocycles. The Hall–Kier alpha value is -0.430. The van der Waals surface area contributed by atoms with Crippen molar-refractivity contribution in [1.82, 2.24) is 10.0 Å². The van der Waals surface area contributed by atoms with E-state index in [0.29, 0.717) is 11.4 Å². The van der Waals surface area contributed by atoms with Crippen LogP contribution in [-0.4, -0.2) is 21.5 Å². The van der Waals surface area contributed by atoms with Crippen molar-refractivity contribution in [3.63, 3.8) is 0 Å². The minimum atomic E-state index is -3.32. The fourth-order valence-corrected chi connectivity index (χ4v) is 4.14. The first-order chi connectivity index (χ1) is 9.60. The quantitative estimate of drug-likeness (QED) is 0.616. The van der Waals surface area contributed by atoms with Gasteiger partial charge in [-0.05, 0) is 25.5 Å². The molecule has 0 saturated carbocycles. The van der Waals surface area contributed by atoms with Crippen LogP contribution in [0.4, 0.5) is 0 Å². The third kappa shape index (κ3) is 6.35. The molecule has 0 unspecified atom stereocenters. The van der Waals surface area contributed by atoms with Crippen LogP contribution in [0.25, 0.3) is 0 Å². The highest BCUT2D eigenvalue weighted by atomic mass is 32.2. The third-order valence-electron chi connectivity index (χ3n) is 2.99. The number of unbranched alkanes of at least 4 members (excludes halogenated alkanes) is 3. The molecule has 2 N–H and O–H groups in total. The van der Waals surface area contributed by atoms with E-state index in [2.05, 4.69) is 23.9 Å². The monoisotopic (exact) mass is 318 g/mol. The van der Waals surface area contributed by atoms with Crippen LogP contribution in [-0.2, 0) is 16.6 Å². The predicted octanol–water partition coefficient (Wildman–Crippen LogP) is 3.11. The average molecular weight is 319 g/mol. The second kappa shape index (κ2) is 9.50. The van der Waals surface area contributed by atoms with Crippen LogP contribution >= 0.6 is 11.3 Å². The summed E-state index contributed by atoms with van der Waals surface area (Å²) in [5, 5.41) is 5.00. The Labute approximate surface area is 127 Å². The van der Waals surface area contributed by atoms with Gasteiger partial charge in [-0.15, -0.1) is 11.3 Å². The molecule has 0 aromatic carbocycles. The molecule has 1 heterocycles. The van der Waals surface area contributed by atoms with Gasteiger partial charge in [-0.3, -0.25) is 0 Å². The summed E-state index contributed by atoms with van der Waals surface area (Å²) in [6.07, 6.45) is 5.38. The summed E-state index contributed by atoms with van der Waals surface area (Å²) in [6.45, 7) is 6.48. The van der Waals surface area contributed by atoms with Crippen molar-refractivity contribution in [1.29, 1.82) is 0 Å². The van der Waals surface area contributed by atoms with Gasteiger partial charge < -0.3 is 5.32 Å². The van der Waals surface area contributed by atoms with Crippen molar-refractivity contribution < 1.29 is 8.42 Å². The van der Waals surface area contributed by atoms with E-state index in [9.17, 15) is 8.42 Å². The summed E-state index contributed by atoms with van der Waals surface area (Å²) in [7, 11) is -3.32. The highest BCUT2D eigenvalue weighted by molar-refractivity contribution is 7.89. The van der Waals surface area contributed by atoms with Gasteiger partial charge in [0, 0.05) is 23.3 Å². The zero-order valence-electron chi connectivity index (χ0n) is 12.4. The maximum atomic E-state index is 12.1. The number of rotatable bonds is 11. The minimum absolute atomic E-state index is 0.395. The number of hydrogen-bond donors (Lipinski definition) is 2. The number of nitrogens with one attached hydrogen (secondary N) is 2. The molecule has 4 nitrogen and oxygen atoms in total. The Morgan fingerprint density at radius 1 is 1.10 bits per heavy atom. The van der Waals surface area contributed by atoms with Gasteiger partial charge in [-0.25, -0.2) is 13.1 Å². The summed E-state index contributed by atoms with van der Waals surface area (Å²) in [5.41, 5.74) is 0. The van der Waals surface area contributed by atoms with E-state index in [0.717, 1.165) is 50.1 Å². The van der Waals surface area contributed by atoms with Crippen LogP contribution in [0.3, 0.4) is 0 Å². The van der Waals surface area contributed by atoms with Crippen molar-refractivity contribution in [2.24, 2.45) is 0 Å². The van der Waals surface area contributed by atoms with Crippen molar-refractivity contribution in [2.75, 3.05) is 13.1 Å². The van der Waals surface area contributed by atoms with Crippen LogP contribution in [0.15, 0.2) is 16.3 Å². The SMILES string of the molecule is CCCCCCNS(=O)(=O)c1csc(CNCCC)c1. The van der Waals surface area contributed by atoms with E-state index >= 15 is 0 Å². The fraction of sp³-hybridized carbons (Fsp3) is 0.714. The summed E-state index contributed by atoms with van der Waals surface area (Å²) in [6, 6.07) is 1.77. The number of thiophene rings is 1. The van der Waals surface area contributed by atoms with Crippen LogP contribution in [0, 0.1) is 0 Å². The molecule has 0 bridgehead atoms. The molecule has 1 aromatic rings. The molecule has 0 saturated heterocycles. The second-order valence-electron chi connectivity index (χ2n) is 4.88. The smallest absolute Gasteiger partial charge is 0.241 e. The third-order valence-corrected chi connectivity index (χ3v) is 5.51. The van der Waals surface area contributed by atoms with E-state index in [1.54, 1.807) is 11.4 Å². The predicted molar refractivity (Wildman–Crippen MR) is 85.6 cm³/mol. The topological polar surface area (TPSA) is 58.2 Å². The summed E-state index contributed by atoms with van der Waals surface area (Å²) >= 11 is 1.49. The molecule has 0 aliphatic rings. The maximum absolute atomic E-state index is 12.1. The normalized spacial score (nSPS) is 11.9. The zero-order chi connectivity index (χ0) is 14.8. The molecule has 116 valence electrons. The highest BCUT2D eigenvalue weighted by Crippen LogP contribution is 2.19. The van der Waals surface area contributed by atoms with E-state index in [1.165, 1.54) is 11.3 Å². The lowest BCUT2D eigenvalue weighted by Crippen LogP contribution is -2.24. The maximum Gasteiger partial charge on any atom is 0.241 e. The van der Waals surface area contributed by atoms with Gasteiger partial charge in [0.05, 0.1) is 4.90 Å². The van der Waals surface area contributed by atoms with Gasteiger partial charge in [-0.1, -0.05) is 33.1 Å². The standard InChI is InChI=1S/C14H26N2O2S2/c1-3-5-6-7-9-16-20(17,18)14-10-13(19-12-14)11-15-8-4-2/h10,12,15-16H,3-9,11H2,1-2H3. The lowest BCUT2D eigenvalue weighted by molar-refractivity contribution is 0.574. The van der Waals surface area contributed by atoms with Crippen molar-refractivity contribution in [3.05, 3.63) is 16.3 Å². The number of hydrogen-bond acceptors (Lipinski definition) is 4. The van der Waals surface area contributed by atoms with Gasteiger partial charge >= 0.3 is 0 Å². The molecular formula is C14H26N2O2S2. The summed E-state index contributed by atoms with van der Waals surface area (Å²) in [4.78, 5) is 1.45. The van der Waals surface area contributed by atoms with E-state index in [4.69, 9.17) is 0 Å². The minimum Gasteiger partial charge on any atom is -0.312 e. The first kappa shape index (κ1) is 17.6. The van der Waals surface area contributed by atoms with Gasteiger partial charge in [0.2, 0.25) is 10.0 Å². The van der Waals surface area contributed by atoms with Gasteiger partial charge in [0.1, 0.15) is 0 Å². The Morgan fingerprint density at radius 2 is 1.90 bits per heavy atom. The van der Waals surface area contributed by atoms with E-state index < -0.39 is 10.0 Å². The Bertz CT molecular complexity index is 469. The van der Waals surface area contributed by atoms with Crippen LogP contribution < -0.4 is 10.0 Å². The van der Waals surface area contributed by atoms with Crippen molar-refractivity contribution in [2.45, 2.75) is 57.4 Å². The fourth-order valence-electron chi connectivity index (χ4n) is 1.82. The largest absolute Gasteiger partial charge is 0.312 e. The van der Waals surface area contributed by atoms with Gasteiger partial charge in [-0.2, -0.15) is 0 Å². The van der Waals surface area contributed by atoms with Gasteiger partial charge in [0.25, 0.3) is 0 Å². The van der Waals surface area contributed by atoms with Crippen molar-refractivity contribution in [3.8, 4) is 0 Å². The Balaban J connectivity index is 2.42. The molecule has 0 aliphatic heterocycles. The first-order valence-corrected chi connectivity index (χ1v) is 9.74. The number of sulfonamides is 1. The average Bonchev–Trinajstić information content (AvgIpc) is 2.88. The first-order valence-electron chi connectivity index (χ1n) is 7.38. The molecule has 20 heavy (non-hydrogen) atoms. The highest BCUT2D eigenvalue weighted by Gasteiger charge is 2.15. The second-order valence-corrected chi connectivity index (χ2v) is 7.65. The lowest BCUT2D eigenvalue weighted by atomic mass is 10.2. The zero-order valence-corrected chi connectivity index (χ0v) is 14.1. The molecule has 0 fully saturated rings. The van der Waals surface area contributed by atoms with Crippen LogP contribution in [0.1, 0.15) is 50.8 Å². The van der Waals surface area contributed by atoms with Crippen LogP contribution in [0.2, 0.25) is 0 Å². The molecular weight excluding hydrogens is 292 g/mol. The van der Waals surface area contributed by atoms with E-state index in [-0.39, 0.29) is 0 Å². The summed E-state index contributed by atoms with van der Waals surface area (Å²) in [5.74, 6) is 0. The van der Waals surface area contributed by atoms with E-state index in [1.807, 2.05) is 0 Å². The molecule has 1 aromatic heterocycles. The molecule has 0 atom stereocenters. The Morgan fingerprint density at radius 3 is 2.60 bits per heavy atom. The van der Waals surface area contributed by atoms with Gasteiger partial charge in [0.15, 0.2) is 0 Å². The lowest BCUT2D eigenvalue weighted by Gasteiger charge is -2.04. The van der Waals surface area contributed by atoms with Crippen LogP contribution in [0.5, 0.6) is 0 Å².